The Morgan fingerprint density at radius 3 is 2.38 bits per heavy atom. The molecule has 0 spiro atoms. The van der Waals surface area contributed by atoms with Crippen LogP contribution in [0.2, 0.25) is 0 Å². The number of carboxylic acids is 1. The normalized spacial score (nSPS) is 14.5. The van der Waals surface area contributed by atoms with E-state index in [1.807, 2.05) is 45.0 Å². The number of fused-ring (bicyclic) bond motifs is 8. The van der Waals surface area contributed by atoms with Gasteiger partial charge in [-0.05, 0) is 81.0 Å². The van der Waals surface area contributed by atoms with E-state index in [4.69, 9.17) is 9.97 Å². The van der Waals surface area contributed by atoms with E-state index >= 15 is 0 Å². The summed E-state index contributed by atoms with van der Waals surface area (Å²) in [5.74, 6) is -3.16. The number of hydrogen-bond acceptors (Lipinski definition) is 6. The summed E-state index contributed by atoms with van der Waals surface area (Å²) in [6.45, 7) is 17.6. The Balaban J connectivity index is 0.00000167. The van der Waals surface area contributed by atoms with Gasteiger partial charge in [0.25, 0.3) is 0 Å². The number of carbonyl (C=O) groups excluding carboxylic acids is 2. The highest BCUT2D eigenvalue weighted by molar-refractivity contribution is 6.24. The van der Waals surface area contributed by atoms with Crippen molar-refractivity contribution >= 4 is 57.1 Å². The van der Waals surface area contributed by atoms with Gasteiger partial charge in [-0.1, -0.05) is 46.8 Å². The summed E-state index contributed by atoms with van der Waals surface area (Å²) >= 11 is 0. The molecule has 3 aromatic heterocycles. The van der Waals surface area contributed by atoms with Gasteiger partial charge in [-0.2, -0.15) is 0 Å². The van der Waals surface area contributed by atoms with Crippen LogP contribution in [-0.2, 0) is 32.2 Å². The maximum absolute atomic E-state index is 13.4. The number of aromatic amines is 2. The summed E-state index contributed by atoms with van der Waals surface area (Å²) in [7, 11) is 0. The molecule has 2 atom stereocenters. The van der Waals surface area contributed by atoms with Crippen LogP contribution in [-0.4, -0.2) is 48.9 Å². The lowest BCUT2D eigenvalue weighted by atomic mass is 9.92. The molecule has 3 aromatic rings. The number of nitrogens with one attached hydrogen (secondary N) is 3. The van der Waals surface area contributed by atoms with Crippen molar-refractivity contribution in [2.45, 2.75) is 92.5 Å². The zero-order chi connectivity index (χ0) is 35.3. The molecule has 254 valence electrons. The maximum Gasteiger partial charge on any atom is 0.370 e. The largest absolute Gasteiger partial charge is 0.478 e. The molecule has 0 aromatic carbocycles. The fraction of sp³-hybridized carbons (Fsp3) is 0.378. The van der Waals surface area contributed by atoms with Gasteiger partial charge in [0.15, 0.2) is 0 Å². The number of nitrogens with zero attached hydrogens (tertiary/aromatic N) is 2. The van der Waals surface area contributed by atoms with Crippen LogP contribution in [0, 0.1) is 13.8 Å². The highest BCUT2D eigenvalue weighted by Gasteiger charge is 2.32. The third-order valence-corrected chi connectivity index (χ3v) is 8.62. The van der Waals surface area contributed by atoms with E-state index in [0.717, 1.165) is 44.5 Å². The van der Waals surface area contributed by atoms with Gasteiger partial charge in [-0.25, -0.2) is 14.6 Å². The molecule has 10 nitrogen and oxygen atoms in total. The van der Waals surface area contributed by atoms with Crippen LogP contribution in [0.5, 0.6) is 0 Å². The molecule has 11 heteroatoms. The summed E-state index contributed by atoms with van der Waals surface area (Å²) in [5.41, 5.74) is 8.89. The van der Waals surface area contributed by atoms with Crippen molar-refractivity contribution in [1.29, 1.82) is 0 Å². The first-order valence-electron chi connectivity index (χ1n) is 16.3. The van der Waals surface area contributed by atoms with Crippen LogP contribution in [0.1, 0.15) is 105 Å². The monoisotopic (exact) mass is 657 g/mol. The highest BCUT2D eigenvalue weighted by atomic mass is 19.3. The Labute approximate surface area is 279 Å². The first-order chi connectivity index (χ1) is 22.9. The van der Waals surface area contributed by atoms with Crippen molar-refractivity contribution in [2.75, 3.05) is 0 Å². The van der Waals surface area contributed by atoms with Crippen LogP contribution in [0.25, 0.3) is 39.3 Å². The molecule has 5 rings (SSSR count). The molecule has 2 aliphatic heterocycles. The zero-order valence-corrected chi connectivity index (χ0v) is 28.6. The van der Waals surface area contributed by atoms with Crippen molar-refractivity contribution in [1.82, 2.24) is 25.3 Å². The Kier molecular flexibility index (Phi) is 11.4. The van der Waals surface area contributed by atoms with Crippen LogP contribution >= 0.6 is 0 Å². The third-order valence-electron chi connectivity index (χ3n) is 8.62. The average Bonchev–Trinajstić information content (AvgIpc) is 3.78. The van der Waals surface area contributed by atoms with E-state index in [2.05, 4.69) is 40.7 Å². The van der Waals surface area contributed by atoms with Gasteiger partial charge < -0.3 is 20.4 Å². The molecule has 0 saturated carbocycles. The summed E-state index contributed by atoms with van der Waals surface area (Å²) in [4.78, 5) is 58.0. The van der Waals surface area contributed by atoms with Gasteiger partial charge in [-0.15, -0.1) is 0 Å². The molecule has 0 unspecified atom stereocenters. The number of halogens is 1. The number of aromatic nitrogens is 4. The summed E-state index contributed by atoms with van der Waals surface area (Å²) in [6.07, 6.45) is 4.06. The first kappa shape index (κ1) is 35.8. The second-order valence-electron chi connectivity index (χ2n) is 12.2. The van der Waals surface area contributed by atoms with Gasteiger partial charge >= 0.3 is 11.9 Å². The number of carbonyl (C=O) groups is 3. The molecule has 0 aliphatic carbocycles. The molecular formula is C37H44FN5O5. The van der Waals surface area contributed by atoms with Crippen LogP contribution in [0.4, 0.5) is 4.53 Å². The minimum Gasteiger partial charge on any atom is -0.478 e. The molecule has 1 amide bonds. The maximum atomic E-state index is 13.4. The second-order valence-corrected chi connectivity index (χ2v) is 12.2. The molecule has 0 radical (unpaired) electrons. The molecule has 0 fully saturated rings. The number of H-pyrrole nitrogens is 2. The van der Waals surface area contributed by atoms with Gasteiger partial charge in [0.2, 0.25) is 5.91 Å². The van der Waals surface area contributed by atoms with E-state index in [1.54, 1.807) is 19.9 Å². The van der Waals surface area contributed by atoms with Crippen LogP contribution in [0.15, 0.2) is 30.8 Å². The van der Waals surface area contributed by atoms with E-state index < -0.39 is 23.9 Å². The van der Waals surface area contributed by atoms with Crippen molar-refractivity contribution in [3.05, 3.63) is 75.9 Å². The predicted octanol–water partition coefficient (Wildman–Crippen LogP) is 7.61. The number of hydrogen-bond donors (Lipinski definition) is 4. The van der Waals surface area contributed by atoms with Gasteiger partial charge in [-0.3, -0.25) is 14.7 Å². The second kappa shape index (κ2) is 15.2. The standard InChI is InChI=1S/C34H36FN5O5.C3H8/c1-7-19-11-21-13-26-17(5)22(8-2)28(38-26)15-25-16(4)10-20(36-25)12-27-18(6)30(33(42)43)32(40-27)23(31(19)37-21)14-29(41)39-24(9-3)34(44)45-35;1-3-2/h8,10,12-13,15,19,24,36,38H,2,7,9,11,14H2,1,3-6H3,(H,39,41)(H,42,43);3H2,1-2H3/t19-,24-;/m0./s1. The van der Waals surface area contributed by atoms with Crippen LogP contribution in [0.3, 0.4) is 0 Å². The van der Waals surface area contributed by atoms with Crippen molar-refractivity contribution in [3.8, 4) is 0 Å². The van der Waals surface area contributed by atoms with E-state index in [-0.39, 0.29) is 30.0 Å². The molecule has 0 saturated heterocycles. The molecule has 2 aliphatic rings. The number of rotatable bonds is 8. The predicted molar refractivity (Wildman–Crippen MR) is 187 cm³/mol. The number of carboxylic acid groups (broad SMARTS) is 1. The lowest BCUT2D eigenvalue weighted by Gasteiger charge is -2.16. The number of aliphatic carboxylic acids is 1. The summed E-state index contributed by atoms with van der Waals surface area (Å²) < 4.78 is 12.7. The van der Waals surface area contributed by atoms with E-state index in [1.165, 1.54) is 6.42 Å². The zero-order valence-electron chi connectivity index (χ0n) is 28.6. The van der Waals surface area contributed by atoms with Crippen molar-refractivity contribution in [2.24, 2.45) is 0 Å². The molecular weight excluding hydrogens is 613 g/mol. The number of aryl methyl sites for hydroxylation is 2. The first-order valence-corrected chi connectivity index (χ1v) is 16.3. The Hall–Kier alpha value is -5.06. The quantitative estimate of drug-likeness (QED) is 0.195. The lowest BCUT2D eigenvalue weighted by molar-refractivity contribution is -0.186. The smallest absolute Gasteiger partial charge is 0.370 e. The number of amides is 1. The fourth-order valence-electron chi connectivity index (χ4n) is 6.11. The molecule has 4 N–H and O–H groups in total. The molecule has 5 heterocycles. The average molecular weight is 658 g/mol. The van der Waals surface area contributed by atoms with Gasteiger partial charge in [0, 0.05) is 49.3 Å². The fourth-order valence-corrected chi connectivity index (χ4v) is 6.11. The minimum absolute atomic E-state index is 0.0336. The number of allylic oxidation sites excluding steroid dienone is 1. The summed E-state index contributed by atoms with van der Waals surface area (Å²) in [6, 6.07) is 6.52. The topological polar surface area (TPSA) is 150 Å². The Morgan fingerprint density at radius 2 is 1.77 bits per heavy atom. The lowest BCUT2D eigenvalue weighted by Crippen LogP contribution is -2.41. The summed E-state index contributed by atoms with van der Waals surface area (Å²) in [5, 5.41) is 12.9. The third kappa shape index (κ3) is 7.25. The van der Waals surface area contributed by atoms with Gasteiger partial charge in [0.1, 0.15) is 6.04 Å². The SMILES string of the molecule is C=Cc1c(C)c2cc3nc(c(CC(=O)N[C@@H](CC)C(=O)OF)c4nc(cc5cc(C)c(cc1[nH]2)[nH]5)C(C)=C4C(=O)O)[C@@H](CC)C3.CCC. The Morgan fingerprint density at radius 1 is 1.06 bits per heavy atom. The van der Waals surface area contributed by atoms with Crippen molar-refractivity contribution < 1.29 is 29.0 Å². The van der Waals surface area contributed by atoms with E-state index in [0.29, 0.717) is 35.4 Å². The van der Waals surface area contributed by atoms with Crippen LogP contribution < -0.4 is 5.32 Å². The molecule has 48 heavy (non-hydrogen) atoms. The highest BCUT2D eigenvalue weighted by Crippen LogP contribution is 2.37. The minimum atomic E-state index is -1.22. The van der Waals surface area contributed by atoms with E-state index in [9.17, 15) is 24.0 Å². The Bertz CT molecular complexity index is 1950. The van der Waals surface area contributed by atoms with Crippen molar-refractivity contribution in [3.63, 3.8) is 0 Å². The van der Waals surface area contributed by atoms with Gasteiger partial charge in [0.05, 0.1) is 29.1 Å². The molecule has 8 bridgehead atoms.